The van der Waals surface area contributed by atoms with Gasteiger partial charge in [-0.1, -0.05) is 24.3 Å². The number of hydrogen-bond donors (Lipinski definition) is 2. The molecule has 0 aliphatic rings. The molecule has 0 aromatic heterocycles. The van der Waals surface area contributed by atoms with Gasteiger partial charge >= 0.3 is 0 Å². The van der Waals surface area contributed by atoms with Gasteiger partial charge in [-0.15, -0.1) is 0 Å². The minimum Gasteiger partial charge on any atom is -0.508 e. The monoisotopic (exact) mass is 285 g/mol. The van der Waals surface area contributed by atoms with Crippen LogP contribution in [0.4, 0.5) is 0 Å². The second-order valence-electron chi connectivity index (χ2n) is 5.51. The van der Waals surface area contributed by atoms with E-state index in [1.165, 1.54) is 5.56 Å². The number of nitrogens with one attached hydrogen (secondary N) is 1. The van der Waals surface area contributed by atoms with Crippen molar-refractivity contribution in [2.45, 2.75) is 39.5 Å². The molecule has 1 unspecified atom stereocenters. The first-order valence-corrected chi connectivity index (χ1v) is 7.32. The average molecular weight is 285 g/mol. The second-order valence-corrected chi connectivity index (χ2v) is 5.51. The van der Waals surface area contributed by atoms with Gasteiger partial charge in [0.15, 0.2) is 0 Å². The summed E-state index contributed by atoms with van der Waals surface area (Å²) in [7, 11) is 0. The number of benzene rings is 2. The van der Waals surface area contributed by atoms with Crippen LogP contribution >= 0.6 is 0 Å². The van der Waals surface area contributed by atoms with Crippen molar-refractivity contribution in [3.05, 3.63) is 59.7 Å². The molecule has 0 aliphatic heterocycles. The van der Waals surface area contributed by atoms with E-state index >= 15 is 0 Å². The predicted octanol–water partition coefficient (Wildman–Crippen LogP) is 4.03. The van der Waals surface area contributed by atoms with Crippen LogP contribution in [0.25, 0.3) is 0 Å². The Labute approximate surface area is 126 Å². The van der Waals surface area contributed by atoms with E-state index in [0.29, 0.717) is 5.75 Å². The van der Waals surface area contributed by atoms with Crippen molar-refractivity contribution in [2.75, 3.05) is 0 Å². The fraction of sp³-hybridized carbons (Fsp3) is 0.333. The van der Waals surface area contributed by atoms with Gasteiger partial charge < -0.3 is 15.2 Å². The zero-order chi connectivity index (χ0) is 15.2. The summed E-state index contributed by atoms with van der Waals surface area (Å²) in [4.78, 5) is 0. The fourth-order valence-electron chi connectivity index (χ4n) is 2.14. The Bertz CT molecular complexity index is 564. The van der Waals surface area contributed by atoms with Crippen LogP contribution in [0.3, 0.4) is 0 Å². The fourth-order valence-corrected chi connectivity index (χ4v) is 2.14. The molecule has 112 valence electrons. The summed E-state index contributed by atoms with van der Waals surface area (Å²) >= 11 is 0. The van der Waals surface area contributed by atoms with Crippen molar-refractivity contribution in [3.8, 4) is 11.5 Å². The van der Waals surface area contributed by atoms with Crippen LogP contribution in [-0.2, 0) is 6.54 Å². The van der Waals surface area contributed by atoms with Crippen molar-refractivity contribution in [1.82, 2.24) is 5.32 Å². The topological polar surface area (TPSA) is 41.5 Å². The largest absolute Gasteiger partial charge is 0.508 e. The first-order valence-electron chi connectivity index (χ1n) is 7.32. The third-order valence-corrected chi connectivity index (χ3v) is 3.28. The Hall–Kier alpha value is -2.00. The molecule has 0 radical (unpaired) electrons. The highest BCUT2D eigenvalue weighted by Crippen LogP contribution is 2.19. The molecule has 0 aliphatic carbocycles. The van der Waals surface area contributed by atoms with Gasteiger partial charge in [0.2, 0.25) is 0 Å². The van der Waals surface area contributed by atoms with E-state index < -0.39 is 0 Å². The number of aromatic hydroxyl groups is 1. The summed E-state index contributed by atoms with van der Waals surface area (Å²) in [6.45, 7) is 6.91. The van der Waals surface area contributed by atoms with E-state index in [-0.39, 0.29) is 12.1 Å². The maximum atomic E-state index is 9.51. The van der Waals surface area contributed by atoms with Crippen molar-refractivity contribution >= 4 is 0 Å². The lowest BCUT2D eigenvalue weighted by Crippen LogP contribution is -2.18. The molecule has 2 N–H and O–H groups in total. The molecule has 0 fully saturated rings. The van der Waals surface area contributed by atoms with Gasteiger partial charge in [-0.05, 0) is 56.2 Å². The molecule has 1 atom stereocenters. The van der Waals surface area contributed by atoms with E-state index in [2.05, 4.69) is 24.4 Å². The van der Waals surface area contributed by atoms with Crippen LogP contribution in [0.2, 0.25) is 0 Å². The molecule has 2 aromatic rings. The van der Waals surface area contributed by atoms with Gasteiger partial charge in [-0.2, -0.15) is 0 Å². The Kier molecular flexibility index (Phi) is 5.23. The number of hydrogen-bond acceptors (Lipinski definition) is 3. The molecule has 0 bridgehead atoms. The normalized spacial score (nSPS) is 12.4. The summed E-state index contributed by atoms with van der Waals surface area (Å²) in [6, 6.07) is 15.7. The lowest BCUT2D eigenvalue weighted by molar-refractivity contribution is 0.242. The minimum absolute atomic E-state index is 0.184. The van der Waals surface area contributed by atoms with Gasteiger partial charge in [-0.3, -0.25) is 0 Å². The second kappa shape index (κ2) is 7.14. The molecule has 21 heavy (non-hydrogen) atoms. The van der Waals surface area contributed by atoms with Crippen LogP contribution < -0.4 is 10.1 Å². The third-order valence-electron chi connectivity index (χ3n) is 3.28. The van der Waals surface area contributed by atoms with E-state index in [1.807, 2.05) is 38.1 Å². The summed E-state index contributed by atoms with van der Waals surface area (Å²) in [5.74, 6) is 1.20. The van der Waals surface area contributed by atoms with Crippen LogP contribution in [-0.4, -0.2) is 11.2 Å². The lowest BCUT2D eigenvalue weighted by atomic mass is 10.1. The maximum absolute atomic E-state index is 9.51. The third kappa shape index (κ3) is 4.80. The average Bonchev–Trinajstić information content (AvgIpc) is 2.45. The standard InChI is InChI=1S/C18H23NO2/c1-13(2)21-18-9-7-15(8-10-18)12-19-14(3)16-5-4-6-17(20)11-16/h4-11,13-14,19-20H,12H2,1-3H3. The van der Waals surface area contributed by atoms with Crippen LogP contribution in [0.5, 0.6) is 11.5 Å². The zero-order valence-electron chi connectivity index (χ0n) is 12.8. The molecule has 0 amide bonds. The maximum Gasteiger partial charge on any atom is 0.119 e. The Morgan fingerprint density at radius 3 is 2.38 bits per heavy atom. The molecular formula is C18H23NO2. The van der Waals surface area contributed by atoms with Crippen molar-refractivity contribution in [3.63, 3.8) is 0 Å². The molecule has 0 saturated heterocycles. The van der Waals surface area contributed by atoms with Gasteiger partial charge in [-0.25, -0.2) is 0 Å². The quantitative estimate of drug-likeness (QED) is 0.842. The van der Waals surface area contributed by atoms with Crippen LogP contribution in [0.15, 0.2) is 48.5 Å². The Morgan fingerprint density at radius 2 is 1.76 bits per heavy atom. The minimum atomic E-state index is 0.184. The number of phenolic OH excluding ortho intramolecular Hbond substituents is 1. The van der Waals surface area contributed by atoms with Crippen molar-refractivity contribution in [1.29, 1.82) is 0 Å². The van der Waals surface area contributed by atoms with Crippen molar-refractivity contribution in [2.24, 2.45) is 0 Å². The molecule has 3 heteroatoms. The van der Waals surface area contributed by atoms with E-state index in [1.54, 1.807) is 12.1 Å². The summed E-state index contributed by atoms with van der Waals surface area (Å²) < 4.78 is 5.63. The number of rotatable bonds is 6. The molecular weight excluding hydrogens is 262 g/mol. The molecule has 3 nitrogen and oxygen atoms in total. The van der Waals surface area contributed by atoms with Gasteiger partial charge in [0.25, 0.3) is 0 Å². The highest BCUT2D eigenvalue weighted by Gasteiger charge is 2.05. The van der Waals surface area contributed by atoms with Gasteiger partial charge in [0.05, 0.1) is 6.10 Å². The highest BCUT2D eigenvalue weighted by molar-refractivity contribution is 5.30. The summed E-state index contributed by atoms with van der Waals surface area (Å²) in [5, 5.41) is 13.0. The molecule has 0 spiro atoms. The van der Waals surface area contributed by atoms with Crippen molar-refractivity contribution < 1.29 is 9.84 Å². The van der Waals surface area contributed by atoms with Gasteiger partial charge in [0.1, 0.15) is 11.5 Å². The van der Waals surface area contributed by atoms with Crippen LogP contribution in [0, 0.1) is 0 Å². The first kappa shape index (κ1) is 15.4. The van der Waals surface area contributed by atoms with E-state index in [9.17, 15) is 5.11 Å². The predicted molar refractivity (Wildman–Crippen MR) is 85.6 cm³/mol. The lowest BCUT2D eigenvalue weighted by Gasteiger charge is -2.15. The van der Waals surface area contributed by atoms with Crippen LogP contribution in [0.1, 0.15) is 37.9 Å². The Morgan fingerprint density at radius 1 is 1.05 bits per heavy atom. The number of phenols is 1. The van der Waals surface area contributed by atoms with Gasteiger partial charge in [0, 0.05) is 12.6 Å². The molecule has 2 rings (SSSR count). The Balaban J connectivity index is 1.90. The molecule has 0 saturated carbocycles. The first-order chi connectivity index (χ1) is 10.0. The SMILES string of the molecule is CC(C)Oc1ccc(CNC(C)c2cccc(O)c2)cc1. The summed E-state index contributed by atoms with van der Waals surface area (Å²) in [5.41, 5.74) is 2.29. The molecule has 2 aromatic carbocycles. The number of ether oxygens (including phenoxy) is 1. The smallest absolute Gasteiger partial charge is 0.119 e. The molecule has 0 heterocycles. The highest BCUT2D eigenvalue weighted by atomic mass is 16.5. The van der Waals surface area contributed by atoms with E-state index in [4.69, 9.17) is 4.74 Å². The zero-order valence-corrected chi connectivity index (χ0v) is 12.8. The summed E-state index contributed by atoms with van der Waals surface area (Å²) in [6.07, 6.45) is 0.194. The van der Waals surface area contributed by atoms with E-state index in [0.717, 1.165) is 17.9 Å².